The minimum absolute atomic E-state index is 0.00324. The Balaban J connectivity index is 2.44. The van der Waals surface area contributed by atoms with Crippen LogP contribution >= 0.6 is 0 Å². The van der Waals surface area contributed by atoms with Gasteiger partial charge in [-0.15, -0.1) is 11.5 Å². The average molecular weight is 222 g/mol. The van der Waals surface area contributed by atoms with Crippen molar-refractivity contribution in [1.29, 1.82) is 0 Å². The van der Waals surface area contributed by atoms with Crippen molar-refractivity contribution in [3.05, 3.63) is 11.9 Å². The van der Waals surface area contributed by atoms with Crippen molar-refractivity contribution in [2.45, 2.75) is 19.5 Å². The Morgan fingerprint density at radius 1 is 1.62 bits per heavy atom. The number of hydrogen-bond acceptors (Lipinski definition) is 4. The molecule has 0 aliphatic carbocycles. The molecule has 0 fully saturated rings. The van der Waals surface area contributed by atoms with Crippen LogP contribution in [-0.2, 0) is 22.7 Å². The molecule has 1 amide bonds. The molecule has 0 unspecified atom stereocenters. The number of nitrogens with zero attached hydrogens (tertiary/aromatic N) is 3. The van der Waals surface area contributed by atoms with Crippen LogP contribution in [0.3, 0.4) is 0 Å². The number of nitrogens with one attached hydrogen (secondary N) is 1. The number of amides is 1. The first-order valence-electron chi connectivity index (χ1n) is 4.43. The molecule has 16 heavy (non-hydrogen) atoms. The summed E-state index contributed by atoms with van der Waals surface area (Å²) in [4.78, 5) is 21.3. The number of hydrogen-bond donors (Lipinski definition) is 2. The molecular weight excluding hydrogens is 212 g/mol. The molecule has 1 aromatic heterocycles. The summed E-state index contributed by atoms with van der Waals surface area (Å²) in [6, 6.07) is 0. The Morgan fingerprint density at radius 3 is 3.00 bits per heavy atom. The predicted octanol–water partition coefficient (Wildman–Crippen LogP) is -0.998. The lowest BCUT2D eigenvalue weighted by molar-refractivity contribution is -0.138. The second kappa shape index (κ2) is 5.50. The summed E-state index contributed by atoms with van der Waals surface area (Å²) in [7, 11) is 0. The minimum Gasteiger partial charge on any atom is -0.480 e. The van der Waals surface area contributed by atoms with E-state index in [-0.39, 0.29) is 25.4 Å². The van der Waals surface area contributed by atoms with Crippen molar-refractivity contribution in [3.63, 3.8) is 0 Å². The van der Waals surface area contributed by atoms with Crippen LogP contribution < -0.4 is 5.32 Å². The maximum atomic E-state index is 11.0. The molecule has 7 heteroatoms. The van der Waals surface area contributed by atoms with Gasteiger partial charge in [-0.3, -0.25) is 9.59 Å². The summed E-state index contributed by atoms with van der Waals surface area (Å²) in [6.45, 7) is -0.0779. The third-order valence-electron chi connectivity index (χ3n) is 1.61. The number of terminal acetylenes is 1. The van der Waals surface area contributed by atoms with Gasteiger partial charge in [-0.05, 0) is 0 Å². The fourth-order valence-electron chi connectivity index (χ4n) is 0.980. The quantitative estimate of drug-likeness (QED) is 0.623. The molecule has 0 saturated carbocycles. The zero-order valence-corrected chi connectivity index (χ0v) is 8.38. The van der Waals surface area contributed by atoms with Gasteiger partial charge in [-0.2, -0.15) is 0 Å². The molecule has 0 aliphatic heterocycles. The van der Waals surface area contributed by atoms with Crippen molar-refractivity contribution >= 4 is 11.9 Å². The largest absolute Gasteiger partial charge is 0.480 e. The van der Waals surface area contributed by atoms with E-state index >= 15 is 0 Å². The highest BCUT2D eigenvalue weighted by atomic mass is 16.4. The van der Waals surface area contributed by atoms with E-state index in [2.05, 4.69) is 21.5 Å². The van der Waals surface area contributed by atoms with E-state index in [1.54, 1.807) is 0 Å². The molecule has 84 valence electrons. The van der Waals surface area contributed by atoms with Gasteiger partial charge in [0.25, 0.3) is 0 Å². The standard InChI is InChI=1S/C9H10N4O3/c1-2-3-8(14)10-4-7-5-13(12-11-7)6-9(15)16/h1,5H,3-4,6H2,(H,10,14)(H,15,16). The van der Waals surface area contributed by atoms with Crippen LogP contribution in [0.25, 0.3) is 0 Å². The number of carboxylic acids is 1. The first kappa shape index (κ1) is 11.7. The summed E-state index contributed by atoms with van der Waals surface area (Å²) in [5.74, 6) is 0.915. The van der Waals surface area contributed by atoms with Crippen LogP contribution in [0.1, 0.15) is 12.1 Å². The van der Waals surface area contributed by atoms with E-state index < -0.39 is 5.97 Å². The van der Waals surface area contributed by atoms with Gasteiger partial charge in [0.05, 0.1) is 19.2 Å². The fourth-order valence-corrected chi connectivity index (χ4v) is 0.980. The monoisotopic (exact) mass is 222 g/mol. The number of rotatable bonds is 5. The Morgan fingerprint density at radius 2 is 2.38 bits per heavy atom. The van der Waals surface area contributed by atoms with Crippen LogP contribution in [0.4, 0.5) is 0 Å². The lowest BCUT2D eigenvalue weighted by atomic mass is 10.4. The molecule has 0 bridgehead atoms. The second-order valence-electron chi connectivity index (χ2n) is 2.96. The molecule has 7 nitrogen and oxygen atoms in total. The van der Waals surface area contributed by atoms with E-state index in [1.807, 2.05) is 0 Å². The van der Waals surface area contributed by atoms with Gasteiger partial charge in [-0.25, -0.2) is 4.68 Å². The van der Waals surface area contributed by atoms with E-state index in [0.29, 0.717) is 5.69 Å². The molecule has 1 rings (SSSR count). The average Bonchev–Trinajstić information content (AvgIpc) is 2.62. The van der Waals surface area contributed by atoms with E-state index in [4.69, 9.17) is 11.5 Å². The van der Waals surface area contributed by atoms with E-state index in [1.165, 1.54) is 10.9 Å². The van der Waals surface area contributed by atoms with Crippen molar-refractivity contribution in [3.8, 4) is 12.3 Å². The van der Waals surface area contributed by atoms with Gasteiger partial charge >= 0.3 is 5.97 Å². The van der Waals surface area contributed by atoms with Gasteiger partial charge in [0.15, 0.2) is 0 Å². The first-order chi connectivity index (χ1) is 7.61. The number of carbonyl (C=O) groups excluding carboxylic acids is 1. The molecule has 0 spiro atoms. The SMILES string of the molecule is C#CCC(=O)NCc1cn(CC(=O)O)nn1. The highest BCUT2D eigenvalue weighted by Crippen LogP contribution is 1.92. The van der Waals surface area contributed by atoms with Crippen molar-refractivity contribution in [2.75, 3.05) is 0 Å². The van der Waals surface area contributed by atoms with Crippen LogP contribution in [0.15, 0.2) is 6.20 Å². The molecule has 0 aliphatic rings. The lowest BCUT2D eigenvalue weighted by Crippen LogP contribution is -2.22. The third-order valence-corrected chi connectivity index (χ3v) is 1.61. The normalized spacial score (nSPS) is 9.44. The Bertz CT molecular complexity index is 432. The molecule has 2 N–H and O–H groups in total. The smallest absolute Gasteiger partial charge is 0.325 e. The van der Waals surface area contributed by atoms with E-state index in [0.717, 1.165) is 0 Å². The molecule has 0 atom stereocenters. The highest BCUT2D eigenvalue weighted by Gasteiger charge is 2.05. The molecule has 1 aromatic rings. The molecule has 0 saturated heterocycles. The van der Waals surface area contributed by atoms with Crippen LogP contribution in [0, 0.1) is 12.3 Å². The number of carboxylic acid groups (broad SMARTS) is 1. The molecule has 0 radical (unpaired) electrons. The van der Waals surface area contributed by atoms with Gasteiger partial charge in [0, 0.05) is 0 Å². The van der Waals surface area contributed by atoms with Crippen molar-refractivity contribution < 1.29 is 14.7 Å². The Hall–Kier alpha value is -2.36. The first-order valence-corrected chi connectivity index (χ1v) is 4.43. The lowest BCUT2D eigenvalue weighted by Gasteiger charge is -1.97. The van der Waals surface area contributed by atoms with Crippen molar-refractivity contribution in [1.82, 2.24) is 20.3 Å². The number of aliphatic carboxylic acids is 1. The summed E-state index contributed by atoms with van der Waals surface area (Å²) >= 11 is 0. The molecule has 0 aromatic carbocycles. The number of aromatic nitrogens is 3. The third kappa shape index (κ3) is 3.79. The maximum absolute atomic E-state index is 11.0. The zero-order valence-electron chi connectivity index (χ0n) is 8.38. The Labute approximate surface area is 91.4 Å². The van der Waals surface area contributed by atoms with Gasteiger partial charge in [0.1, 0.15) is 12.2 Å². The van der Waals surface area contributed by atoms with Crippen LogP contribution in [0.2, 0.25) is 0 Å². The van der Waals surface area contributed by atoms with Crippen LogP contribution in [-0.4, -0.2) is 32.0 Å². The summed E-state index contributed by atoms with van der Waals surface area (Å²) in [5.41, 5.74) is 0.478. The summed E-state index contributed by atoms with van der Waals surface area (Å²) in [5, 5.41) is 18.3. The minimum atomic E-state index is -1.01. The van der Waals surface area contributed by atoms with Crippen LogP contribution in [0.5, 0.6) is 0 Å². The maximum Gasteiger partial charge on any atom is 0.325 e. The van der Waals surface area contributed by atoms with Gasteiger partial charge in [-0.1, -0.05) is 11.1 Å². The summed E-state index contributed by atoms with van der Waals surface area (Å²) < 4.78 is 1.17. The highest BCUT2D eigenvalue weighted by molar-refractivity contribution is 5.78. The molecule has 1 heterocycles. The van der Waals surface area contributed by atoms with Gasteiger partial charge in [0.2, 0.25) is 5.91 Å². The summed E-state index contributed by atoms with van der Waals surface area (Å²) in [6.07, 6.45) is 6.40. The van der Waals surface area contributed by atoms with Crippen molar-refractivity contribution in [2.24, 2.45) is 0 Å². The zero-order chi connectivity index (χ0) is 12.0. The van der Waals surface area contributed by atoms with Gasteiger partial charge < -0.3 is 10.4 Å². The number of carbonyl (C=O) groups is 2. The van der Waals surface area contributed by atoms with E-state index in [9.17, 15) is 9.59 Å². The second-order valence-corrected chi connectivity index (χ2v) is 2.96. The molecular formula is C9H10N4O3. The Kier molecular flexibility index (Phi) is 4.03. The fraction of sp³-hybridized carbons (Fsp3) is 0.333. The predicted molar refractivity (Wildman–Crippen MR) is 53.0 cm³/mol. The topological polar surface area (TPSA) is 97.1 Å².